The number of benzene rings is 1. The standard InChI is InChI=1S/C17H26N4O.HI/c1-3-18-17(20-11-12-22-2)19-10-6-7-14-13-21-16-9-5-4-8-15(14)16;/h4-5,8-9,13,21H,3,6-7,10-12H2,1-2H3,(H2,18,19,20);1H. The SMILES string of the molecule is CCNC(=NCCCc1c[nH]c2ccccc12)NCCOC.I. The Labute approximate surface area is 155 Å². The van der Waals surface area contributed by atoms with E-state index in [1.54, 1.807) is 7.11 Å². The van der Waals surface area contributed by atoms with Gasteiger partial charge in [-0.05, 0) is 31.4 Å². The summed E-state index contributed by atoms with van der Waals surface area (Å²) in [7, 11) is 1.70. The number of guanidine groups is 1. The number of fused-ring (bicyclic) bond motifs is 1. The Morgan fingerprint density at radius 2 is 2.09 bits per heavy atom. The second kappa shape index (κ2) is 11.3. The van der Waals surface area contributed by atoms with Crippen molar-refractivity contribution < 1.29 is 4.74 Å². The molecule has 0 unspecified atom stereocenters. The van der Waals surface area contributed by atoms with Gasteiger partial charge in [-0.3, -0.25) is 4.99 Å². The van der Waals surface area contributed by atoms with Crippen molar-refractivity contribution in [3.05, 3.63) is 36.0 Å². The van der Waals surface area contributed by atoms with Crippen molar-refractivity contribution in [2.45, 2.75) is 19.8 Å². The zero-order valence-electron chi connectivity index (χ0n) is 13.9. The largest absolute Gasteiger partial charge is 0.383 e. The van der Waals surface area contributed by atoms with Gasteiger partial charge in [0.05, 0.1) is 6.61 Å². The zero-order chi connectivity index (χ0) is 15.6. The van der Waals surface area contributed by atoms with Crippen molar-refractivity contribution in [3.63, 3.8) is 0 Å². The van der Waals surface area contributed by atoms with Crippen LogP contribution in [0.5, 0.6) is 0 Å². The van der Waals surface area contributed by atoms with Crippen LogP contribution in [0.15, 0.2) is 35.5 Å². The number of methoxy groups -OCH3 is 1. The summed E-state index contributed by atoms with van der Waals surface area (Å²) in [6, 6.07) is 8.42. The number of aryl methyl sites for hydroxylation is 1. The summed E-state index contributed by atoms with van der Waals surface area (Å²) >= 11 is 0. The van der Waals surface area contributed by atoms with Gasteiger partial charge >= 0.3 is 0 Å². The molecule has 0 radical (unpaired) electrons. The number of nitrogens with zero attached hydrogens (tertiary/aromatic N) is 1. The predicted molar refractivity (Wildman–Crippen MR) is 108 cm³/mol. The van der Waals surface area contributed by atoms with Crippen LogP contribution in [0.3, 0.4) is 0 Å². The highest BCUT2D eigenvalue weighted by Crippen LogP contribution is 2.18. The number of aliphatic imine (C=N–C) groups is 1. The molecule has 128 valence electrons. The van der Waals surface area contributed by atoms with E-state index in [1.165, 1.54) is 16.5 Å². The minimum absolute atomic E-state index is 0. The third-order valence-electron chi connectivity index (χ3n) is 3.49. The maximum Gasteiger partial charge on any atom is 0.191 e. The van der Waals surface area contributed by atoms with E-state index in [2.05, 4.69) is 58.0 Å². The van der Waals surface area contributed by atoms with E-state index in [1.807, 2.05) is 0 Å². The van der Waals surface area contributed by atoms with Gasteiger partial charge < -0.3 is 20.4 Å². The fraction of sp³-hybridized carbons (Fsp3) is 0.471. The van der Waals surface area contributed by atoms with Crippen LogP contribution in [-0.2, 0) is 11.2 Å². The van der Waals surface area contributed by atoms with E-state index in [4.69, 9.17) is 4.74 Å². The zero-order valence-corrected chi connectivity index (χ0v) is 16.2. The number of ether oxygens (including phenoxy) is 1. The lowest BCUT2D eigenvalue weighted by atomic mass is 10.1. The summed E-state index contributed by atoms with van der Waals surface area (Å²) in [4.78, 5) is 7.91. The Balaban J connectivity index is 0.00000264. The summed E-state index contributed by atoms with van der Waals surface area (Å²) in [6.07, 6.45) is 4.17. The highest BCUT2D eigenvalue weighted by molar-refractivity contribution is 14.0. The first-order valence-electron chi connectivity index (χ1n) is 7.91. The van der Waals surface area contributed by atoms with E-state index in [-0.39, 0.29) is 24.0 Å². The number of hydrogen-bond acceptors (Lipinski definition) is 2. The molecule has 1 heterocycles. The van der Waals surface area contributed by atoms with Gasteiger partial charge in [-0.15, -0.1) is 24.0 Å². The van der Waals surface area contributed by atoms with E-state index in [0.717, 1.165) is 38.4 Å². The third kappa shape index (κ3) is 6.39. The minimum Gasteiger partial charge on any atom is -0.383 e. The molecule has 0 aliphatic rings. The van der Waals surface area contributed by atoms with E-state index in [0.29, 0.717) is 6.61 Å². The summed E-state index contributed by atoms with van der Waals surface area (Å²) < 4.78 is 5.04. The van der Waals surface area contributed by atoms with Crippen LogP contribution in [-0.4, -0.2) is 44.3 Å². The number of H-pyrrole nitrogens is 1. The first-order valence-corrected chi connectivity index (χ1v) is 7.91. The first kappa shape index (κ1) is 19.8. The maximum atomic E-state index is 5.04. The molecule has 0 bridgehead atoms. The highest BCUT2D eigenvalue weighted by atomic mass is 127. The third-order valence-corrected chi connectivity index (χ3v) is 3.49. The molecule has 0 spiro atoms. The van der Waals surface area contributed by atoms with Crippen LogP contribution >= 0.6 is 24.0 Å². The van der Waals surface area contributed by atoms with Crippen LogP contribution in [0.4, 0.5) is 0 Å². The van der Waals surface area contributed by atoms with Crippen LogP contribution in [0, 0.1) is 0 Å². The molecule has 0 amide bonds. The van der Waals surface area contributed by atoms with Gasteiger partial charge in [0.1, 0.15) is 0 Å². The minimum atomic E-state index is 0. The van der Waals surface area contributed by atoms with Crippen molar-refractivity contribution in [2.75, 3.05) is 33.4 Å². The number of aromatic amines is 1. The molecule has 0 fully saturated rings. The van der Waals surface area contributed by atoms with Crippen molar-refractivity contribution in [1.29, 1.82) is 0 Å². The molecule has 1 aromatic carbocycles. The van der Waals surface area contributed by atoms with Crippen molar-refractivity contribution >= 4 is 40.8 Å². The molecule has 1 aromatic heterocycles. The lowest BCUT2D eigenvalue weighted by Gasteiger charge is -2.10. The molecule has 3 N–H and O–H groups in total. The van der Waals surface area contributed by atoms with Crippen LogP contribution in [0.25, 0.3) is 10.9 Å². The van der Waals surface area contributed by atoms with Gasteiger partial charge in [0.2, 0.25) is 0 Å². The first-order chi connectivity index (χ1) is 10.8. The second-order valence-corrected chi connectivity index (χ2v) is 5.14. The molecule has 0 aliphatic heterocycles. The summed E-state index contributed by atoms with van der Waals surface area (Å²) in [6.45, 7) is 5.19. The molecule has 2 rings (SSSR count). The molecule has 5 nitrogen and oxygen atoms in total. The number of para-hydroxylation sites is 1. The summed E-state index contributed by atoms with van der Waals surface area (Å²) in [5.74, 6) is 0.860. The summed E-state index contributed by atoms with van der Waals surface area (Å²) in [5, 5.41) is 7.81. The average Bonchev–Trinajstić information content (AvgIpc) is 2.95. The molecular formula is C17H27IN4O. The quantitative estimate of drug-likeness (QED) is 0.261. The number of rotatable bonds is 8. The monoisotopic (exact) mass is 430 g/mol. The number of nitrogens with one attached hydrogen (secondary N) is 3. The van der Waals surface area contributed by atoms with Gasteiger partial charge in [0.15, 0.2) is 5.96 Å². The normalized spacial score (nSPS) is 11.3. The van der Waals surface area contributed by atoms with E-state index in [9.17, 15) is 0 Å². The van der Waals surface area contributed by atoms with Gasteiger partial charge in [-0.25, -0.2) is 0 Å². The predicted octanol–water partition coefficient (Wildman–Crippen LogP) is 2.92. The van der Waals surface area contributed by atoms with Gasteiger partial charge in [0, 0.05) is 43.8 Å². The molecule has 0 atom stereocenters. The number of hydrogen-bond donors (Lipinski definition) is 3. The topological polar surface area (TPSA) is 61.4 Å². The van der Waals surface area contributed by atoms with Gasteiger partial charge in [-0.2, -0.15) is 0 Å². The van der Waals surface area contributed by atoms with Crippen molar-refractivity contribution in [2.24, 2.45) is 4.99 Å². The lowest BCUT2D eigenvalue weighted by Crippen LogP contribution is -2.39. The second-order valence-electron chi connectivity index (χ2n) is 5.14. The van der Waals surface area contributed by atoms with Gasteiger partial charge in [-0.1, -0.05) is 18.2 Å². The van der Waals surface area contributed by atoms with E-state index >= 15 is 0 Å². The Hall–Kier alpha value is -1.28. The molecule has 0 saturated heterocycles. The highest BCUT2D eigenvalue weighted by Gasteiger charge is 2.02. The summed E-state index contributed by atoms with van der Waals surface area (Å²) in [5.41, 5.74) is 2.57. The molecule has 2 aromatic rings. The Bertz CT molecular complexity index is 597. The smallest absolute Gasteiger partial charge is 0.191 e. The molecule has 23 heavy (non-hydrogen) atoms. The van der Waals surface area contributed by atoms with Crippen molar-refractivity contribution in [3.8, 4) is 0 Å². The van der Waals surface area contributed by atoms with Gasteiger partial charge in [0.25, 0.3) is 0 Å². The maximum absolute atomic E-state index is 5.04. The van der Waals surface area contributed by atoms with Crippen LogP contribution < -0.4 is 10.6 Å². The number of aromatic nitrogens is 1. The fourth-order valence-electron chi connectivity index (χ4n) is 2.41. The Kier molecular flexibility index (Phi) is 9.70. The van der Waals surface area contributed by atoms with Crippen LogP contribution in [0.2, 0.25) is 0 Å². The average molecular weight is 430 g/mol. The number of halogens is 1. The fourth-order valence-corrected chi connectivity index (χ4v) is 2.41. The van der Waals surface area contributed by atoms with Crippen molar-refractivity contribution in [1.82, 2.24) is 15.6 Å². The molecule has 0 aliphatic carbocycles. The Morgan fingerprint density at radius 3 is 2.87 bits per heavy atom. The molecule has 0 saturated carbocycles. The van der Waals surface area contributed by atoms with Crippen LogP contribution in [0.1, 0.15) is 18.9 Å². The molecular weight excluding hydrogens is 403 g/mol. The van der Waals surface area contributed by atoms with E-state index < -0.39 is 0 Å². The Morgan fingerprint density at radius 1 is 1.26 bits per heavy atom. The molecule has 6 heteroatoms. The lowest BCUT2D eigenvalue weighted by molar-refractivity contribution is 0.203.